The fourth-order valence-corrected chi connectivity index (χ4v) is 3.42. The van der Waals surface area contributed by atoms with Crippen LogP contribution in [0.15, 0.2) is 30.3 Å². The third-order valence-electron chi connectivity index (χ3n) is 4.15. The lowest BCUT2D eigenvalue weighted by Gasteiger charge is -2.19. The first kappa shape index (κ1) is 16.6. The zero-order valence-electron chi connectivity index (χ0n) is 12.4. The number of nitrogens with two attached hydrogens (primary N) is 1. The summed E-state index contributed by atoms with van der Waals surface area (Å²) >= 11 is 5.92. The lowest BCUT2D eigenvalue weighted by atomic mass is 9.90. The molecule has 0 aliphatic heterocycles. The molecule has 0 fully saturated rings. The number of primary amides is 1. The van der Waals surface area contributed by atoms with E-state index in [2.05, 4.69) is 4.74 Å². The van der Waals surface area contributed by atoms with Crippen LogP contribution < -0.4 is 10.5 Å². The van der Waals surface area contributed by atoms with Gasteiger partial charge in [0, 0.05) is 16.5 Å². The van der Waals surface area contributed by atoms with Gasteiger partial charge in [-0.05, 0) is 42.2 Å². The van der Waals surface area contributed by atoms with Gasteiger partial charge in [-0.1, -0.05) is 23.7 Å². The van der Waals surface area contributed by atoms with Gasteiger partial charge in [-0.25, -0.2) is 4.39 Å². The minimum absolute atomic E-state index is 0.135. The second-order valence-electron chi connectivity index (χ2n) is 5.51. The molecule has 2 aromatic carbocycles. The molecule has 0 heterocycles. The Morgan fingerprint density at radius 2 is 2.04 bits per heavy atom. The van der Waals surface area contributed by atoms with Gasteiger partial charge in [-0.15, -0.1) is 0 Å². The van der Waals surface area contributed by atoms with Gasteiger partial charge in [0.25, 0.3) is 5.91 Å². The zero-order chi connectivity index (χ0) is 17.4. The van der Waals surface area contributed by atoms with Gasteiger partial charge in [-0.2, -0.15) is 8.78 Å². The number of carbonyl (C=O) groups excluding carboxylic acids is 1. The lowest BCUT2D eigenvalue weighted by Crippen LogP contribution is -2.16. The summed E-state index contributed by atoms with van der Waals surface area (Å²) in [6.07, 6.45) is 0.937. The maximum absolute atomic E-state index is 14.0. The standard InChI is InChI=1S/C17H13ClF3NO2/c18-8-6-13-9(4-5-10(13)14(19)7-8)11-2-1-3-12(16(22)23)15(11)24-17(20)21/h1-3,6-7,9,17H,4-5H2,(H2,22,23)/t9-/m0/s1. The lowest BCUT2D eigenvalue weighted by molar-refractivity contribution is -0.0508. The Balaban J connectivity index is 2.15. The van der Waals surface area contributed by atoms with Gasteiger partial charge in [0.1, 0.15) is 11.6 Å². The summed E-state index contributed by atoms with van der Waals surface area (Å²) in [7, 11) is 0. The third kappa shape index (κ3) is 2.94. The van der Waals surface area contributed by atoms with Crippen molar-refractivity contribution in [3.8, 4) is 5.75 Å². The van der Waals surface area contributed by atoms with Crippen LogP contribution in [0.25, 0.3) is 0 Å². The Labute approximate surface area is 141 Å². The van der Waals surface area contributed by atoms with E-state index >= 15 is 0 Å². The van der Waals surface area contributed by atoms with Crippen molar-refractivity contribution < 1.29 is 22.7 Å². The number of para-hydroxylation sites is 1. The minimum Gasteiger partial charge on any atom is -0.434 e. The molecule has 3 nitrogen and oxygen atoms in total. The topological polar surface area (TPSA) is 52.3 Å². The van der Waals surface area contributed by atoms with Crippen molar-refractivity contribution in [1.82, 2.24) is 0 Å². The van der Waals surface area contributed by atoms with Crippen LogP contribution in [0.1, 0.15) is 39.4 Å². The number of benzene rings is 2. The van der Waals surface area contributed by atoms with Crippen LogP contribution in [-0.4, -0.2) is 12.5 Å². The van der Waals surface area contributed by atoms with Crippen molar-refractivity contribution in [3.05, 3.63) is 63.4 Å². The first-order chi connectivity index (χ1) is 11.4. The molecule has 0 saturated heterocycles. The molecule has 0 aromatic heterocycles. The molecule has 1 amide bonds. The van der Waals surface area contributed by atoms with Crippen molar-refractivity contribution in [1.29, 1.82) is 0 Å². The summed E-state index contributed by atoms with van der Waals surface area (Å²) in [6, 6.07) is 7.26. The number of carbonyl (C=O) groups is 1. The molecule has 0 unspecified atom stereocenters. The summed E-state index contributed by atoms with van der Waals surface area (Å²) in [4.78, 5) is 11.5. The second kappa shape index (κ2) is 6.36. The molecule has 24 heavy (non-hydrogen) atoms. The molecule has 1 aliphatic rings. The molecule has 0 bridgehead atoms. The first-order valence-corrected chi connectivity index (χ1v) is 7.61. The highest BCUT2D eigenvalue weighted by molar-refractivity contribution is 6.30. The van der Waals surface area contributed by atoms with Crippen molar-refractivity contribution in [2.75, 3.05) is 0 Å². The first-order valence-electron chi connectivity index (χ1n) is 7.23. The number of alkyl halides is 2. The molecule has 3 rings (SSSR count). The monoisotopic (exact) mass is 355 g/mol. The fourth-order valence-electron chi connectivity index (χ4n) is 3.21. The molecular weight excluding hydrogens is 343 g/mol. The highest BCUT2D eigenvalue weighted by atomic mass is 35.5. The third-order valence-corrected chi connectivity index (χ3v) is 4.36. The Hall–Kier alpha value is -2.21. The van der Waals surface area contributed by atoms with E-state index in [-0.39, 0.29) is 16.3 Å². The Morgan fingerprint density at radius 3 is 2.71 bits per heavy atom. The molecule has 1 atom stereocenters. The Bertz CT molecular complexity index is 811. The van der Waals surface area contributed by atoms with Crippen LogP contribution in [0.2, 0.25) is 5.02 Å². The molecule has 7 heteroatoms. The smallest absolute Gasteiger partial charge is 0.387 e. The van der Waals surface area contributed by atoms with E-state index in [0.717, 1.165) is 0 Å². The number of halogens is 4. The van der Waals surface area contributed by atoms with Crippen LogP contribution in [0, 0.1) is 5.82 Å². The van der Waals surface area contributed by atoms with E-state index < -0.39 is 24.3 Å². The van der Waals surface area contributed by atoms with Crippen molar-refractivity contribution >= 4 is 17.5 Å². The molecule has 0 radical (unpaired) electrons. The van der Waals surface area contributed by atoms with E-state index in [9.17, 15) is 18.0 Å². The van der Waals surface area contributed by atoms with E-state index in [0.29, 0.717) is 29.5 Å². The normalized spacial score (nSPS) is 16.3. The molecule has 2 aromatic rings. The van der Waals surface area contributed by atoms with Gasteiger partial charge in [0.2, 0.25) is 0 Å². The minimum atomic E-state index is -3.11. The molecule has 2 N–H and O–H groups in total. The van der Waals surface area contributed by atoms with Crippen LogP contribution in [-0.2, 0) is 6.42 Å². The number of amides is 1. The SMILES string of the molecule is NC(=O)c1cccc([C@@H]2CCc3c(F)cc(Cl)cc32)c1OC(F)F. The van der Waals surface area contributed by atoms with Gasteiger partial charge in [-0.3, -0.25) is 4.79 Å². The van der Waals surface area contributed by atoms with Crippen LogP contribution in [0.5, 0.6) is 5.75 Å². The van der Waals surface area contributed by atoms with Gasteiger partial charge >= 0.3 is 6.61 Å². The summed E-state index contributed by atoms with van der Waals surface area (Å²) in [6.45, 7) is -3.11. The Kier molecular flexibility index (Phi) is 4.41. The van der Waals surface area contributed by atoms with Crippen molar-refractivity contribution in [2.24, 2.45) is 5.73 Å². The molecule has 126 valence electrons. The van der Waals surface area contributed by atoms with E-state index in [4.69, 9.17) is 17.3 Å². The van der Waals surface area contributed by atoms with Crippen LogP contribution in [0.3, 0.4) is 0 Å². The molecule has 0 saturated carbocycles. The average Bonchev–Trinajstić information content (AvgIpc) is 2.90. The van der Waals surface area contributed by atoms with Crippen molar-refractivity contribution in [3.63, 3.8) is 0 Å². The highest BCUT2D eigenvalue weighted by Gasteiger charge is 2.31. The average molecular weight is 356 g/mol. The van der Waals surface area contributed by atoms with Gasteiger partial charge in [0.05, 0.1) is 5.56 Å². The summed E-state index contributed by atoms with van der Waals surface area (Å²) in [5, 5.41) is 0.223. The number of hydrogen-bond acceptors (Lipinski definition) is 2. The largest absolute Gasteiger partial charge is 0.434 e. The van der Waals surface area contributed by atoms with E-state index in [1.807, 2.05) is 0 Å². The summed E-state index contributed by atoms with van der Waals surface area (Å²) in [5.41, 5.74) is 6.60. The number of rotatable bonds is 4. The zero-order valence-corrected chi connectivity index (χ0v) is 13.1. The predicted molar refractivity (Wildman–Crippen MR) is 83.2 cm³/mol. The quantitative estimate of drug-likeness (QED) is 0.891. The summed E-state index contributed by atoms with van der Waals surface area (Å²) in [5.74, 6) is -1.97. The highest BCUT2D eigenvalue weighted by Crippen LogP contribution is 2.44. The molecular formula is C17H13ClF3NO2. The molecule has 0 spiro atoms. The maximum atomic E-state index is 14.0. The number of hydrogen-bond donors (Lipinski definition) is 1. The second-order valence-corrected chi connectivity index (χ2v) is 5.95. The maximum Gasteiger partial charge on any atom is 0.387 e. The molecule has 1 aliphatic carbocycles. The predicted octanol–water partition coefficient (Wildman–Crippen LogP) is 4.26. The van der Waals surface area contributed by atoms with Crippen LogP contribution in [0.4, 0.5) is 13.2 Å². The fraction of sp³-hybridized carbons (Fsp3) is 0.235. The van der Waals surface area contributed by atoms with Gasteiger partial charge in [0.15, 0.2) is 0 Å². The van der Waals surface area contributed by atoms with Crippen LogP contribution >= 0.6 is 11.6 Å². The van der Waals surface area contributed by atoms with E-state index in [1.54, 1.807) is 12.1 Å². The number of fused-ring (bicyclic) bond motifs is 1. The Morgan fingerprint density at radius 1 is 1.29 bits per heavy atom. The number of ether oxygens (including phenoxy) is 1. The summed E-state index contributed by atoms with van der Waals surface area (Å²) < 4.78 is 44.2. The van der Waals surface area contributed by atoms with Crippen molar-refractivity contribution in [2.45, 2.75) is 25.4 Å². The van der Waals surface area contributed by atoms with E-state index in [1.165, 1.54) is 18.2 Å². The van der Waals surface area contributed by atoms with Gasteiger partial charge < -0.3 is 10.5 Å².